The van der Waals surface area contributed by atoms with Crippen LogP contribution in [0.4, 0.5) is 0 Å². The van der Waals surface area contributed by atoms with Crippen LogP contribution in [0.3, 0.4) is 0 Å². The van der Waals surface area contributed by atoms with Crippen LogP contribution in [0, 0.1) is 0 Å². The monoisotopic (exact) mass is 284 g/mol. The van der Waals surface area contributed by atoms with E-state index < -0.39 is 0 Å². The second-order valence-electron chi connectivity index (χ2n) is 4.49. The van der Waals surface area contributed by atoms with Gasteiger partial charge in [0.2, 0.25) is 11.8 Å². The molecule has 0 amide bonds. The summed E-state index contributed by atoms with van der Waals surface area (Å²) in [4.78, 5) is 0. The Kier molecular flexibility index (Phi) is 3.79. The molecular weight excluding hydrogens is 272 g/mol. The first-order valence-corrected chi connectivity index (χ1v) is 6.81. The maximum Gasteiger partial charge on any atom is 0.247 e. The Labute approximate surface area is 122 Å². The molecule has 3 rings (SSSR count). The standard InChI is InChI=1S/C16H13ClN2O/c17-14-9-7-13(8-10-14)16-19-18-15(20-16)11-6-12-4-2-1-3-5-12/h1-5,7-10H,6,11H2. The van der Waals surface area contributed by atoms with E-state index in [1.54, 1.807) is 0 Å². The van der Waals surface area contributed by atoms with Crippen LogP contribution in [0.2, 0.25) is 5.02 Å². The predicted octanol–water partition coefficient (Wildman–Crippen LogP) is 4.18. The highest BCUT2D eigenvalue weighted by molar-refractivity contribution is 6.30. The number of rotatable bonds is 4. The van der Waals surface area contributed by atoms with Gasteiger partial charge in [0.15, 0.2) is 0 Å². The molecule has 0 atom stereocenters. The van der Waals surface area contributed by atoms with E-state index in [2.05, 4.69) is 22.3 Å². The summed E-state index contributed by atoms with van der Waals surface area (Å²) in [6.07, 6.45) is 1.63. The normalized spacial score (nSPS) is 10.7. The first-order chi connectivity index (χ1) is 9.81. The van der Waals surface area contributed by atoms with Crippen molar-refractivity contribution in [2.75, 3.05) is 0 Å². The van der Waals surface area contributed by atoms with Crippen molar-refractivity contribution in [2.45, 2.75) is 12.8 Å². The summed E-state index contributed by atoms with van der Waals surface area (Å²) < 4.78 is 5.67. The smallest absolute Gasteiger partial charge is 0.247 e. The number of benzene rings is 2. The molecule has 0 aliphatic carbocycles. The molecule has 0 saturated heterocycles. The quantitative estimate of drug-likeness (QED) is 0.721. The minimum absolute atomic E-state index is 0.532. The second-order valence-corrected chi connectivity index (χ2v) is 4.93. The van der Waals surface area contributed by atoms with E-state index in [9.17, 15) is 0 Å². The van der Waals surface area contributed by atoms with Gasteiger partial charge in [-0.2, -0.15) is 0 Å². The van der Waals surface area contributed by atoms with Crippen LogP contribution in [0.15, 0.2) is 59.0 Å². The van der Waals surface area contributed by atoms with Gasteiger partial charge in [0.05, 0.1) is 0 Å². The third-order valence-corrected chi connectivity index (χ3v) is 3.28. The van der Waals surface area contributed by atoms with E-state index in [1.807, 2.05) is 42.5 Å². The van der Waals surface area contributed by atoms with E-state index in [-0.39, 0.29) is 0 Å². The minimum Gasteiger partial charge on any atom is -0.421 e. The number of halogens is 1. The van der Waals surface area contributed by atoms with Crippen LogP contribution < -0.4 is 0 Å². The molecule has 20 heavy (non-hydrogen) atoms. The molecule has 0 spiro atoms. The Morgan fingerprint density at radius 1 is 0.850 bits per heavy atom. The van der Waals surface area contributed by atoms with Crippen LogP contribution in [0.1, 0.15) is 11.5 Å². The molecule has 3 nitrogen and oxygen atoms in total. The zero-order valence-electron chi connectivity index (χ0n) is 10.8. The molecule has 1 aromatic heterocycles. The average molecular weight is 285 g/mol. The molecule has 0 saturated carbocycles. The summed E-state index contributed by atoms with van der Waals surface area (Å²) >= 11 is 5.86. The molecule has 0 unspecified atom stereocenters. The second kappa shape index (κ2) is 5.88. The molecule has 3 aromatic rings. The van der Waals surface area contributed by atoms with Crippen molar-refractivity contribution in [3.8, 4) is 11.5 Å². The lowest BCUT2D eigenvalue weighted by atomic mass is 10.1. The molecule has 0 radical (unpaired) electrons. The maximum atomic E-state index is 5.86. The fourth-order valence-corrected chi connectivity index (χ4v) is 2.09. The lowest BCUT2D eigenvalue weighted by Crippen LogP contribution is -1.90. The van der Waals surface area contributed by atoms with Crippen LogP contribution in [0.25, 0.3) is 11.5 Å². The fraction of sp³-hybridized carbons (Fsp3) is 0.125. The molecule has 1 heterocycles. The summed E-state index contributed by atoms with van der Waals surface area (Å²) in [7, 11) is 0. The minimum atomic E-state index is 0.532. The molecule has 0 bridgehead atoms. The molecule has 0 N–H and O–H groups in total. The molecule has 0 fully saturated rings. The van der Waals surface area contributed by atoms with Gasteiger partial charge in [0.1, 0.15) is 0 Å². The average Bonchev–Trinajstić information content (AvgIpc) is 2.96. The van der Waals surface area contributed by atoms with Crippen LogP contribution in [0.5, 0.6) is 0 Å². The van der Waals surface area contributed by atoms with Gasteiger partial charge in [-0.05, 0) is 36.2 Å². The summed E-state index contributed by atoms with van der Waals surface area (Å²) in [6, 6.07) is 17.6. The van der Waals surface area contributed by atoms with Gasteiger partial charge in [0, 0.05) is 17.0 Å². The molecular formula is C16H13ClN2O. The molecule has 100 valence electrons. The van der Waals surface area contributed by atoms with Crippen molar-refractivity contribution in [2.24, 2.45) is 0 Å². The first-order valence-electron chi connectivity index (χ1n) is 6.43. The van der Waals surface area contributed by atoms with Crippen molar-refractivity contribution in [1.82, 2.24) is 10.2 Å². The molecule has 2 aromatic carbocycles. The summed E-state index contributed by atoms with van der Waals surface area (Å²) in [6.45, 7) is 0. The summed E-state index contributed by atoms with van der Waals surface area (Å²) in [5, 5.41) is 8.84. The molecule has 0 aliphatic rings. The van der Waals surface area contributed by atoms with Gasteiger partial charge in [-0.1, -0.05) is 41.9 Å². The van der Waals surface area contributed by atoms with Crippen molar-refractivity contribution >= 4 is 11.6 Å². The highest BCUT2D eigenvalue weighted by Gasteiger charge is 2.08. The van der Waals surface area contributed by atoms with Gasteiger partial charge < -0.3 is 4.42 Å². The van der Waals surface area contributed by atoms with Crippen LogP contribution in [-0.4, -0.2) is 10.2 Å². The van der Waals surface area contributed by atoms with E-state index in [0.717, 1.165) is 18.4 Å². The highest BCUT2D eigenvalue weighted by Crippen LogP contribution is 2.20. The van der Waals surface area contributed by atoms with Crippen LogP contribution in [-0.2, 0) is 12.8 Å². The van der Waals surface area contributed by atoms with Gasteiger partial charge in [-0.3, -0.25) is 0 Å². The summed E-state index contributed by atoms with van der Waals surface area (Å²) in [5.74, 6) is 1.18. The Morgan fingerprint density at radius 2 is 1.60 bits per heavy atom. The third-order valence-electron chi connectivity index (χ3n) is 3.03. The predicted molar refractivity (Wildman–Crippen MR) is 78.6 cm³/mol. The number of aromatic nitrogens is 2. The number of nitrogens with zero attached hydrogens (tertiary/aromatic N) is 2. The first kappa shape index (κ1) is 12.9. The van der Waals surface area contributed by atoms with E-state index in [4.69, 9.17) is 16.0 Å². The van der Waals surface area contributed by atoms with Crippen molar-refractivity contribution in [3.63, 3.8) is 0 Å². The Morgan fingerprint density at radius 3 is 2.35 bits per heavy atom. The van der Waals surface area contributed by atoms with Gasteiger partial charge in [0.25, 0.3) is 0 Å². The lowest BCUT2D eigenvalue weighted by Gasteiger charge is -1.97. The lowest BCUT2D eigenvalue weighted by molar-refractivity contribution is 0.504. The topological polar surface area (TPSA) is 38.9 Å². The van der Waals surface area contributed by atoms with E-state index in [1.165, 1.54) is 5.56 Å². The van der Waals surface area contributed by atoms with Gasteiger partial charge >= 0.3 is 0 Å². The summed E-state index contributed by atoms with van der Waals surface area (Å²) in [5.41, 5.74) is 2.15. The number of hydrogen-bond acceptors (Lipinski definition) is 3. The maximum absolute atomic E-state index is 5.86. The SMILES string of the molecule is Clc1ccc(-c2nnc(CCc3ccccc3)o2)cc1. The van der Waals surface area contributed by atoms with Crippen molar-refractivity contribution in [3.05, 3.63) is 71.1 Å². The fourth-order valence-electron chi connectivity index (χ4n) is 1.96. The Balaban J connectivity index is 1.69. The largest absolute Gasteiger partial charge is 0.421 e. The zero-order valence-corrected chi connectivity index (χ0v) is 11.5. The number of aryl methyl sites for hydroxylation is 2. The molecule has 0 aliphatic heterocycles. The third kappa shape index (κ3) is 3.06. The van der Waals surface area contributed by atoms with Crippen molar-refractivity contribution in [1.29, 1.82) is 0 Å². The van der Waals surface area contributed by atoms with Gasteiger partial charge in [-0.15, -0.1) is 10.2 Å². The van der Waals surface area contributed by atoms with Crippen LogP contribution >= 0.6 is 11.6 Å². The van der Waals surface area contributed by atoms with Gasteiger partial charge in [-0.25, -0.2) is 0 Å². The Hall–Kier alpha value is -2.13. The highest BCUT2D eigenvalue weighted by atomic mass is 35.5. The Bertz CT molecular complexity index is 677. The molecule has 4 heteroatoms. The number of hydrogen-bond donors (Lipinski definition) is 0. The zero-order chi connectivity index (χ0) is 13.8. The van der Waals surface area contributed by atoms with E-state index >= 15 is 0 Å². The van der Waals surface area contributed by atoms with E-state index in [0.29, 0.717) is 16.8 Å². The van der Waals surface area contributed by atoms with Crippen molar-refractivity contribution < 1.29 is 4.42 Å².